The fourth-order valence-electron chi connectivity index (χ4n) is 3.02. The van der Waals surface area contributed by atoms with Crippen molar-refractivity contribution in [2.75, 3.05) is 19.6 Å². The Morgan fingerprint density at radius 1 is 1.33 bits per heavy atom. The zero-order chi connectivity index (χ0) is 12.5. The topological polar surface area (TPSA) is 29.5 Å². The summed E-state index contributed by atoms with van der Waals surface area (Å²) in [5.41, 5.74) is 1.77. The first-order valence-corrected chi connectivity index (χ1v) is 6.72. The van der Waals surface area contributed by atoms with Gasteiger partial charge in [-0.3, -0.25) is 4.90 Å². The average Bonchev–Trinajstić information content (AvgIpc) is 2.40. The van der Waals surface area contributed by atoms with Gasteiger partial charge in [-0.05, 0) is 50.9 Å². The van der Waals surface area contributed by atoms with Gasteiger partial charge in [-0.25, -0.2) is 4.79 Å². The molecular weight excluding hydrogens is 226 g/mol. The number of benzene rings is 1. The molecule has 3 heteroatoms. The molecule has 3 saturated heterocycles. The summed E-state index contributed by atoms with van der Waals surface area (Å²) < 4.78 is 5.69. The number of nitrogens with zero attached hydrogens (tertiary/aromatic N) is 1. The third kappa shape index (κ3) is 2.27. The molecule has 0 radical (unpaired) electrons. The van der Waals surface area contributed by atoms with E-state index >= 15 is 0 Å². The van der Waals surface area contributed by atoms with Crippen LogP contribution in [-0.4, -0.2) is 36.6 Å². The van der Waals surface area contributed by atoms with Crippen molar-refractivity contribution in [2.45, 2.75) is 25.9 Å². The van der Waals surface area contributed by atoms with Gasteiger partial charge in [0.15, 0.2) is 0 Å². The number of carbonyl (C=O) groups is 1. The van der Waals surface area contributed by atoms with E-state index in [0.717, 1.165) is 12.1 Å². The summed E-state index contributed by atoms with van der Waals surface area (Å²) in [6, 6.07) is 7.62. The molecule has 1 aromatic rings. The van der Waals surface area contributed by atoms with Crippen LogP contribution < -0.4 is 0 Å². The van der Waals surface area contributed by atoms with Crippen LogP contribution in [0.3, 0.4) is 0 Å². The second-order valence-corrected chi connectivity index (χ2v) is 5.45. The second kappa shape index (κ2) is 4.73. The number of hydrogen-bond acceptors (Lipinski definition) is 3. The summed E-state index contributed by atoms with van der Waals surface area (Å²) in [6.07, 6.45) is 2.44. The minimum Gasteiger partial charge on any atom is -0.457 e. The van der Waals surface area contributed by atoms with E-state index < -0.39 is 0 Å². The Morgan fingerprint density at radius 3 is 2.72 bits per heavy atom. The molecular formula is C15H19NO2. The Labute approximate surface area is 108 Å². The number of carbonyl (C=O) groups excluding carboxylic acids is 1. The van der Waals surface area contributed by atoms with Gasteiger partial charge in [-0.2, -0.15) is 0 Å². The van der Waals surface area contributed by atoms with Gasteiger partial charge in [0.05, 0.1) is 5.56 Å². The highest BCUT2D eigenvalue weighted by Gasteiger charge is 2.36. The van der Waals surface area contributed by atoms with E-state index in [2.05, 4.69) is 4.90 Å². The molecule has 0 unspecified atom stereocenters. The van der Waals surface area contributed by atoms with Crippen molar-refractivity contribution in [3.63, 3.8) is 0 Å². The third-order valence-corrected chi connectivity index (χ3v) is 4.11. The molecule has 3 aliphatic rings. The van der Waals surface area contributed by atoms with E-state index in [0.29, 0.717) is 11.5 Å². The SMILES string of the molecule is Cc1cccc(C(=O)O[C@H]2CN3CCC2CC3)c1. The van der Waals surface area contributed by atoms with Gasteiger partial charge in [0, 0.05) is 6.54 Å². The van der Waals surface area contributed by atoms with Crippen molar-refractivity contribution in [1.82, 2.24) is 4.90 Å². The van der Waals surface area contributed by atoms with Crippen LogP contribution >= 0.6 is 0 Å². The summed E-state index contributed by atoms with van der Waals surface area (Å²) in [5.74, 6) is 0.404. The molecule has 0 aromatic heterocycles. The molecule has 3 aliphatic heterocycles. The Bertz CT molecular complexity index is 450. The highest BCUT2D eigenvalue weighted by atomic mass is 16.5. The van der Waals surface area contributed by atoms with Crippen LogP contribution in [0.15, 0.2) is 24.3 Å². The molecule has 4 rings (SSSR count). The third-order valence-electron chi connectivity index (χ3n) is 4.11. The highest BCUT2D eigenvalue weighted by Crippen LogP contribution is 2.30. The maximum Gasteiger partial charge on any atom is 0.338 e. The molecule has 0 amide bonds. The van der Waals surface area contributed by atoms with Crippen LogP contribution in [0, 0.1) is 12.8 Å². The highest BCUT2D eigenvalue weighted by molar-refractivity contribution is 5.89. The number of piperidine rings is 3. The molecule has 96 valence electrons. The van der Waals surface area contributed by atoms with Crippen LogP contribution in [0.4, 0.5) is 0 Å². The van der Waals surface area contributed by atoms with Gasteiger partial charge >= 0.3 is 5.97 Å². The van der Waals surface area contributed by atoms with Crippen molar-refractivity contribution in [2.24, 2.45) is 5.92 Å². The lowest BCUT2D eigenvalue weighted by molar-refractivity contribution is -0.0455. The van der Waals surface area contributed by atoms with Gasteiger partial charge in [-0.15, -0.1) is 0 Å². The van der Waals surface area contributed by atoms with Crippen LogP contribution in [0.2, 0.25) is 0 Å². The molecule has 2 bridgehead atoms. The molecule has 0 N–H and O–H groups in total. The van der Waals surface area contributed by atoms with E-state index in [1.165, 1.54) is 25.9 Å². The number of rotatable bonds is 2. The van der Waals surface area contributed by atoms with E-state index in [1.807, 2.05) is 31.2 Å². The van der Waals surface area contributed by atoms with E-state index in [1.54, 1.807) is 0 Å². The quantitative estimate of drug-likeness (QED) is 0.748. The number of fused-ring (bicyclic) bond motifs is 3. The van der Waals surface area contributed by atoms with Crippen LogP contribution in [0.25, 0.3) is 0 Å². The largest absolute Gasteiger partial charge is 0.457 e. The van der Waals surface area contributed by atoms with Gasteiger partial charge in [-0.1, -0.05) is 17.7 Å². The predicted molar refractivity (Wildman–Crippen MR) is 69.5 cm³/mol. The van der Waals surface area contributed by atoms with Gasteiger partial charge in [0.25, 0.3) is 0 Å². The molecule has 3 fully saturated rings. The summed E-state index contributed by atoms with van der Waals surface area (Å²) in [4.78, 5) is 14.5. The second-order valence-electron chi connectivity index (χ2n) is 5.45. The molecule has 0 spiro atoms. The lowest BCUT2D eigenvalue weighted by Crippen LogP contribution is -2.51. The van der Waals surface area contributed by atoms with Crippen LogP contribution in [0.1, 0.15) is 28.8 Å². The Hall–Kier alpha value is -1.35. The molecule has 1 aromatic carbocycles. The van der Waals surface area contributed by atoms with Crippen molar-refractivity contribution in [3.8, 4) is 0 Å². The summed E-state index contributed by atoms with van der Waals surface area (Å²) in [7, 11) is 0. The van der Waals surface area contributed by atoms with Gasteiger partial charge in [0.2, 0.25) is 0 Å². The first-order chi connectivity index (χ1) is 8.72. The van der Waals surface area contributed by atoms with Crippen molar-refractivity contribution >= 4 is 5.97 Å². The maximum atomic E-state index is 12.1. The predicted octanol–water partition coefficient (Wildman–Crippen LogP) is 2.25. The molecule has 3 heterocycles. The van der Waals surface area contributed by atoms with Crippen LogP contribution in [0.5, 0.6) is 0 Å². The first kappa shape index (κ1) is 11.7. The summed E-state index contributed by atoms with van der Waals surface area (Å²) in [5, 5.41) is 0. The molecule has 18 heavy (non-hydrogen) atoms. The number of aryl methyl sites for hydroxylation is 1. The van der Waals surface area contributed by atoms with E-state index in [-0.39, 0.29) is 12.1 Å². The fourth-order valence-corrected chi connectivity index (χ4v) is 3.02. The summed E-state index contributed by atoms with van der Waals surface area (Å²) in [6.45, 7) is 5.25. The standard InChI is InChI=1S/C15H19NO2/c1-11-3-2-4-13(9-11)15(17)18-14-10-16-7-5-12(14)6-8-16/h2-4,9,12,14H,5-8,10H2,1H3/t14-/m0/s1. The zero-order valence-corrected chi connectivity index (χ0v) is 10.8. The molecule has 0 aliphatic carbocycles. The van der Waals surface area contributed by atoms with E-state index in [4.69, 9.17) is 4.74 Å². The summed E-state index contributed by atoms with van der Waals surface area (Å²) >= 11 is 0. The van der Waals surface area contributed by atoms with Gasteiger partial charge in [0.1, 0.15) is 6.10 Å². The average molecular weight is 245 g/mol. The fraction of sp³-hybridized carbons (Fsp3) is 0.533. The Kier molecular flexibility index (Phi) is 3.08. The molecule has 0 saturated carbocycles. The lowest BCUT2D eigenvalue weighted by Gasteiger charge is -2.43. The number of ether oxygens (including phenoxy) is 1. The number of hydrogen-bond donors (Lipinski definition) is 0. The minimum atomic E-state index is -0.169. The zero-order valence-electron chi connectivity index (χ0n) is 10.8. The first-order valence-electron chi connectivity index (χ1n) is 6.72. The van der Waals surface area contributed by atoms with Crippen molar-refractivity contribution in [3.05, 3.63) is 35.4 Å². The van der Waals surface area contributed by atoms with Gasteiger partial charge < -0.3 is 4.74 Å². The molecule has 1 atom stereocenters. The van der Waals surface area contributed by atoms with Crippen molar-refractivity contribution < 1.29 is 9.53 Å². The number of esters is 1. The Morgan fingerprint density at radius 2 is 2.11 bits per heavy atom. The lowest BCUT2D eigenvalue weighted by atomic mass is 9.86. The minimum absolute atomic E-state index is 0.0977. The normalized spacial score (nSPS) is 30.2. The smallest absolute Gasteiger partial charge is 0.338 e. The van der Waals surface area contributed by atoms with Crippen molar-refractivity contribution in [1.29, 1.82) is 0 Å². The van der Waals surface area contributed by atoms with E-state index in [9.17, 15) is 4.79 Å². The Balaban J connectivity index is 1.68. The monoisotopic (exact) mass is 245 g/mol. The maximum absolute atomic E-state index is 12.1. The molecule has 3 nitrogen and oxygen atoms in total. The van der Waals surface area contributed by atoms with Crippen LogP contribution in [-0.2, 0) is 4.74 Å².